The standard InChI is InChI=1S/C33H44O8/c1-5-11-25-28(16-14-23(22(4)34)31(25)38)39-19-9-8-18-33(7-3)21-27(35)24-15-17-29(40-20-10-13-30(36)37)26(12-6-2)32(24)41-33/h14-17,38H,5-13,18-21H2,1-4H3,(H,36,37). The molecular weight excluding hydrogens is 524 g/mol. The maximum absolute atomic E-state index is 13.3. The molecule has 1 aliphatic heterocycles. The third kappa shape index (κ3) is 8.02. The molecule has 1 aliphatic rings. The summed E-state index contributed by atoms with van der Waals surface area (Å²) in [5, 5.41) is 19.5. The number of phenolic OH excluding ortho intramolecular Hbond substituents is 1. The Bertz CT molecular complexity index is 1230. The van der Waals surface area contributed by atoms with Gasteiger partial charge in [-0.25, -0.2) is 0 Å². The highest BCUT2D eigenvalue weighted by molar-refractivity contribution is 6.01. The van der Waals surface area contributed by atoms with Gasteiger partial charge in [0.05, 0.1) is 30.8 Å². The third-order valence-electron chi connectivity index (χ3n) is 7.66. The summed E-state index contributed by atoms with van der Waals surface area (Å²) in [5.41, 5.74) is 1.79. The Kier molecular flexibility index (Phi) is 11.6. The van der Waals surface area contributed by atoms with Crippen LogP contribution < -0.4 is 14.2 Å². The van der Waals surface area contributed by atoms with E-state index in [1.54, 1.807) is 24.3 Å². The van der Waals surface area contributed by atoms with E-state index in [4.69, 9.17) is 19.3 Å². The number of carboxylic acid groups (broad SMARTS) is 1. The fourth-order valence-electron chi connectivity index (χ4n) is 5.39. The fraction of sp³-hybridized carbons (Fsp3) is 0.545. The Morgan fingerprint density at radius 3 is 2.20 bits per heavy atom. The minimum Gasteiger partial charge on any atom is -0.507 e. The number of Topliss-reactive ketones (excluding diaryl/α,β-unsaturated/α-hetero) is 2. The van der Waals surface area contributed by atoms with Crippen LogP contribution >= 0.6 is 0 Å². The molecule has 2 N–H and O–H groups in total. The van der Waals surface area contributed by atoms with Gasteiger partial charge < -0.3 is 24.4 Å². The van der Waals surface area contributed by atoms with Crippen molar-refractivity contribution in [2.75, 3.05) is 13.2 Å². The summed E-state index contributed by atoms with van der Waals surface area (Å²) in [7, 11) is 0. The molecule has 224 valence electrons. The molecule has 8 nitrogen and oxygen atoms in total. The SMILES string of the molecule is CCCc1c(OCCCCC2(CC)CC(=O)c3ccc(OCCCC(=O)O)c(CCC)c3O2)ccc(C(C)=O)c1O. The second-order valence-corrected chi connectivity index (χ2v) is 10.8. The number of hydrogen-bond acceptors (Lipinski definition) is 7. The van der Waals surface area contributed by atoms with Gasteiger partial charge in [-0.1, -0.05) is 33.6 Å². The number of hydrogen-bond donors (Lipinski definition) is 2. The van der Waals surface area contributed by atoms with Gasteiger partial charge in [-0.3, -0.25) is 14.4 Å². The lowest BCUT2D eigenvalue weighted by molar-refractivity contribution is -0.137. The van der Waals surface area contributed by atoms with Crippen LogP contribution in [0.15, 0.2) is 24.3 Å². The first kappa shape index (κ1) is 32.0. The summed E-state index contributed by atoms with van der Waals surface area (Å²) < 4.78 is 18.7. The molecule has 3 rings (SSSR count). The summed E-state index contributed by atoms with van der Waals surface area (Å²) in [4.78, 5) is 36.0. The van der Waals surface area contributed by atoms with Crippen molar-refractivity contribution in [1.29, 1.82) is 0 Å². The van der Waals surface area contributed by atoms with E-state index in [0.717, 1.165) is 31.2 Å². The van der Waals surface area contributed by atoms with Gasteiger partial charge in [-0.05, 0) is 76.1 Å². The van der Waals surface area contributed by atoms with Crippen LogP contribution in [0, 0.1) is 0 Å². The number of aromatic hydroxyl groups is 1. The predicted molar refractivity (Wildman–Crippen MR) is 157 cm³/mol. The number of unbranched alkanes of at least 4 members (excludes halogenated alkanes) is 1. The molecule has 2 aromatic rings. The highest BCUT2D eigenvalue weighted by atomic mass is 16.5. The van der Waals surface area contributed by atoms with Crippen LogP contribution in [-0.2, 0) is 17.6 Å². The van der Waals surface area contributed by atoms with E-state index in [0.29, 0.717) is 79.1 Å². The topological polar surface area (TPSA) is 119 Å². The number of fused-ring (bicyclic) bond motifs is 1. The van der Waals surface area contributed by atoms with Crippen molar-refractivity contribution in [2.24, 2.45) is 0 Å². The van der Waals surface area contributed by atoms with Crippen LogP contribution in [-0.4, -0.2) is 46.6 Å². The molecule has 41 heavy (non-hydrogen) atoms. The van der Waals surface area contributed by atoms with Gasteiger partial charge in [-0.2, -0.15) is 0 Å². The van der Waals surface area contributed by atoms with E-state index in [-0.39, 0.29) is 30.3 Å². The lowest BCUT2D eigenvalue weighted by Crippen LogP contribution is -2.42. The first-order chi connectivity index (χ1) is 19.7. The van der Waals surface area contributed by atoms with Crippen LogP contribution in [0.2, 0.25) is 0 Å². The number of carbonyl (C=O) groups is 3. The molecule has 0 bridgehead atoms. The average molecular weight is 569 g/mol. The zero-order valence-electron chi connectivity index (χ0n) is 24.8. The van der Waals surface area contributed by atoms with Gasteiger partial charge in [0.2, 0.25) is 0 Å². The number of phenols is 1. The van der Waals surface area contributed by atoms with E-state index in [2.05, 4.69) is 6.92 Å². The molecule has 0 aromatic heterocycles. The van der Waals surface area contributed by atoms with Crippen molar-refractivity contribution in [3.63, 3.8) is 0 Å². The van der Waals surface area contributed by atoms with Gasteiger partial charge in [0.15, 0.2) is 11.6 Å². The van der Waals surface area contributed by atoms with Crippen molar-refractivity contribution in [1.82, 2.24) is 0 Å². The van der Waals surface area contributed by atoms with Crippen LogP contribution in [0.4, 0.5) is 0 Å². The van der Waals surface area contributed by atoms with Crippen molar-refractivity contribution in [3.05, 3.63) is 46.5 Å². The van der Waals surface area contributed by atoms with E-state index >= 15 is 0 Å². The molecule has 0 amide bonds. The first-order valence-corrected chi connectivity index (χ1v) is 14.9. The number of ether oxygens (including phenoxy) is 3. The highest BCUT2D eigenvalue weighted by Crippen LogP contribution is 2.44. The number of ketones is 2. The lowest BCUT2D eigenvalue weighted by atomic mass is 9.83. The predicted octanol–water partition coefficient (Wildman–Crippen LogP) is 7.11. The van der Waals surface area contributed by atoms with Crippen LogP contribution in [0.25, 0.3) is 0 Å². The van der Waals surface area contributed by atoms with Crippen molar-refractivity contribution < 1.29 is 38.8 Å². The number of carbonyl (C=O) groups excluding carboxylic acids is 2. The van der Waals surface area contributed by atoms with Gasteiger partial charge >= 0.3 is 5.97 Å². The molecule has 1 atom stereocenters. The minimum absolute atomic E-state index is 0.00249. The molecule has 1 unspecified atom stereocenters. The molecule has 0 saturated carbocycles. The van der Waals surface area contributed by atoms with Gasteiger partial charge in [0, 0.05) is 17.5 Å². The maximum atomic E-state index is 13.3. The minimum atomic E-state index is -0.856. The molecule has 0 spiro atoms. The second-order valence-electron chi connectivity index (χ2n) is 10.8. The second kappa shape index (κ2) is 14.9. The molecule has 0 aliphatic carbocycles. The normalized spacial score (nSPS) is 16.1. The molecule has 0 radical (unpaired) electrons. The summed E-state index contributed by atoms with van der Waals surface area (Å²) in [6.07, 6.45) is 6.59. The summed E-state index contributed by atoms with van der Waals surface area (Å²) in [6.45, 7) is 8.27. The first-order valence-electron chi connectivity index (χ1n) is 14.9. The molecular formula is C33H44O8. The molecule has 2 aromatic carbocycles. The quantitative estimate of drug-likeness (QED) is 0.153. The van der Waals surface area contributed by atoms with Crippen LogP contribution in [0.5, 0.6) is 23.0 Å². The zero-order chi connectivity index (χ0) is 30.0. The summed E-state index contributed by atoms with van der Waals surface area (Å²) in [6, 6.07) is 6.92. The van der Waals surface area contributed by atoms with Gasteiger partial charge in [-0.15, -0.1) is 0 Å². The fourth-order valence-corrected chi connectivity index (χ4v) is 5.39. The van der Waals surface area contributed by atoms with Crippen molar-refractivity contribution in [3.8, 4) is 23.0 Å². The smallest absolute Gasteiger partial charge is 0.303 e. The molecule has 8 heteroatoms. The Hall–Kier alpha value is -3.55. The summed E-state index contributed by atoms with van der Waals surface area (Å²) in [5.74, 6) is 0.863. The molecule has 1 heterocycles. The van der Waals surface area contributed by atoms with Crippen LogP contribution in [0.1, 0.15) is 117 Å². The van der Waals surface area contributed by atoms with Crippen molar-refractivity contribution >= 4 is 17.5 Å². The lowest BCUT2D eigenvalue weighted by Gasteiger charge is -2.39. The number of rotatable bonds is 17. The zero-order valence-corrected chi connectivity index (χ0v) is 24.8. The monoisotopic (exact) mass is 568 g/mol. The Morgan fingerprint density at radius 2 is 1.56 bits per heavy atom. The van der Waals surface area contributed by atoms with E-state index in [1.165, 1.54) is 6.92 Å². The van der Waals surface area contributed by atoms with Crippen LogP contribution in [0.3, 0.4) is 0 Å². The van der Waals surface area contributed by atoms with Gasteiger partial charge in [0.1, 0.15) is 28.6 Å². The Morgan fingerprint density at radius 1 is 0.927 bits per heavy atom. The number of benzene rings is 2. The Balaban J connectivity index is 1.68. The number of carboxylic acids is 1. The highest BCUT2D eigenvalue weighted by Gasteiger charge is 2.40. The average Bonchev–Trinajstić information content (AvgIpc) is 2.93. The van der Waals surface area contributed by atoms with E-state index in [9.17, 15) is 19.5 Å². The van der Waals surface area contributed by atoms with E-state index in [1.807, 2.05) is 13.8 Å². The molecule has 0 saturated heterocycles. The number of aliphatic carboxylic acids is 1. The van der Waals surface area contributed by atoms with Gasteiger partial charge in [0.25, 0.3) is 0 Å². The summed E-state index contributed by atoms with van der Waals surface area (Å²) >= 11 is 0. The molecule has 0 fully saturated rings. The third-order valence-corrected chi connectivity index (χ3v) is 7.66. The largest absolute Gasteiger partial charge is 0.507 e. The maximum Gasteiger partial charge on any atom is 0.303 e. The van der Waals surface area contributed by atoms with E-state index < -0.39 is 11.6 Å². The van der Waals surface area contributed by atoms with Crippen molar-refractivity contribution in [2.45, 2.75) is 104 Å². The Labute approximate surface area is 243 Å².